The number of nitrogens with zero attached hydrogens (tertiary/aromatic N) is 3. The highest BCUT2D eigenvalue weighted by molar-refractivity contribution is 5.92. The molecular formula is C23H26N4O3. The highest BCUT2D eigenvalue weighted by Crippen LogP contribution is 2.19. The average molecular weight is 406 g/mol. The van der Waals surface area contributed by atoms with Crippen LogP contribution in [-0.2, 0) is 11.2 Å². The number of pyridine rings is 1. The first-order chi connectivity index (χ1) is 14.8. The van der Waals surface area contributed by atoms with Crippen LogP contribution in [0.25, 0.3) is 11.1 Å². The number of hydrogen-bond acceptors (Lipinski definition) is 6. The molecule has 0 saturated carbocycles. The van der Waals surface area contributed by atoms with Crippen LogP contribution in [0.2, 0.25) is 0 Å². The van der Waals surface area contributed by atoms with Crippen LogP contribution in [0.15, 0.2) is 59.6 Å². The van der Waals surface area contributed by atoms with Gasteiger partial charge in [-0.1, -0.05) is 11.6 Å². The Morgan fingerprint density at radius 1 is 1.10 bits per heavy atom. The maximum Gasteiger partial charge on any atom is 0.230 e. The Labute approximate surface area is 176 Å². The molecule has 0 bridgehead atoms. The highest BCUT2D eigenvalue weighted by Gasteiger charge is 2.10. The van der Waals surface area contributed by atoms with Gasteiger partial charge in [0.1, 0.15) is 18.6 Å². The lowest BCUT2D eigenvalue weighted by Crippen LogP contribution is -2.33. The number of carbonyl (C=O) groups is 1. The van der Waals surface area contributed by atoms with Gasteiger partial charge in [0.25, 0.3) is 0 Å². The third-order valence-corrected chi connectivity index (χ3v) is 5.19. The van der Waals surface area contributed by atoms with E-state index in [-0.39, 0.29) is 12.3 Å². The number of amides is 1. The molecule has 2 aromatic heterocycles. The van der Waals surface area contributed by atoms with Crippen molar-refractivity contribution in [2.24, 2.45) is 0 Å². The number of piperidine rings is 1. The Morgan fingerprint density at radius 2 is 1.93 bits per heavy atom. The number of likely N-dealkylation sites (tertiary alicyclic amines) is 1. The van der Waals surface area contributed by atoms with E-state index in [9.17, 15) is 4.79 Å². The second-order valence-corrected chi connectivity index (χ2v) is 7.45. The first-order valence-corrected chi connectivity index (χ1v) is 10.4. The SMILES string of the molecule is O=C(Cc1cc(-c2cnoc2)ccn1)Nc1ccc(OCCN2CCCCC2)cc1. The van der Waals surface area contributed by atoms with E-state index in [1.807, 2.05) is 36.4 Å². The quantitative estimate of drug-likeness (QED) is 0.613. The van der Waals surface area contributed by atoms with Crippen LogP contribution >= 0.6 is 0 Å². The molecule has 1 aliphatic rings. The van der Waals surface area contributed by atoms with Crippen LogP contribution in [0, 0.1) is 0 Å². The first-order valence-electron chi connectivity index (χ1n) is 10.4. The number of nitrogens with one attached hydrogen (secondary N) is 1. The molecule has 30 heavy (non-hydrogen) atoms. The minimum atomic E-state index is -0.122. The molecule has 3 heterocycles. The molecule has 1 aliphatic heterocycles. The van der Waals surface area contributed by atoms with Crippen molar-refractivity contribution in [1.29, 1.82) is 0 Å². The number of hydrogen-bond donors (Lipinski definition) is 1. The molecule has 1 aromatic carbocycles. The molecule has 4 rings (SSSR count). The predicted molar refractivity (Wildman–Crippen MR) is 114 cm³/mol. The zero-order chi connectivity index (χ0) is 20.6. The van der Waals surface area contributed by atoms with Gasteiger partial charge in [-0.25, -0.2) is 0 Å². The molecule has 1 amide bonds. The Bertz CT molecular complexity index is 935. The summed E-state index contributed by atoms with van der Waals surface area (Å²) in [6.07, 6.45) is 8.98. The van der Waals surface area contributed by atoms with Crippen LogP contribution in [0.3, 0.4) is 0 Å². The number of anilines is 1. The molecule has 7 heteroatoms. The fourth-order valence-electron chi connectivity index (χ4n) is 3.58. The van der Waals surface area contributed by atoms with Gasteiger partial charge in [0, 0.05) is 24.0 Å². The third-order valence-electron chi connectivity index (χ3n) is 5.19. The van der Waals surface area contributed by atoms with Crippen molar-refractivity contribution in [2.45, 2.75) is 25.7 Å². The smallest absolute Gasteiger partial charge is 0.230 e. The number of benzene rings is 1. The Hall–Kier alpha value is -3.19. The monoisotopic (exact) mass is 406 g/mol. The summed E-state index contributed by atoms with van der Waals surface area (Å²) in [5.74, 6) is 0.692. The zero-order valence-electron chi connectivity index (χ0n) is 16.9. The minimum absolute atomic E-state index is 0.122. The summed E-state index contributed by atoms with van der Waals surface area (Å²) in [6.45, 7) is 3.98. The van der Waals surface area contributed by atoms with E-state index in [1.165, 1.54) is 32.4 Å². The van der Waals surface area contributed by atoms with Crippen LogP contribution in [0.5, 0.6) is 5.75 Å². The van der Waals surface area contributed by atoms with Crippen LogP contribution in [0.4, 0.5) is 5.69 Å². The number of rotatable bonds is 8. The third kappa shape index (κ3) is 5.67. The normalized spacial score (nSPS) is 14.4. The number of carbonyl (C=O) groups excluding carboxylic acids is 1. The lowest BCUT2D eigenvalue weighted by atomic mass is 10.1. The van der Waals surface area contributed by atoms with Gasteiger partial charge in [0.05, 0.1) is 18.3 Å². The van der Waals surface area contributed by atoms with Gasteiger partial charge in [-0.15, -0.1) is 0 Å². The van der Waals surface area contributed by atoms with Crippen molar-refractivity contribution in [1.82, 2.24) is 15.0 Å². The average Bonchev–Trinajstić information content (AvgIpc) is 3.31. The Kier molecular flexibility index (Phi) is 6.72. The largest absolute Gasteiger partial charge is 0.492 e. The molecule has 0 aliphatic carbocycles. The summed E-state index contributed by atoms with van der Waals surface area (Å²) >= 11 is 0. The molecule has 0 atom stereocenters. The topological polar surface area (TPSA) is 80.5 Å². The molecule has 3 aromatic rings. The van der Waals surface area contributed by atoms with Gasteiger partial charge in [-0.3, -0.25) is 14.7 Å². The van der Waals surface area contributed by atoms with Crippen LogP contribution in [0.1, 0.15) is 25.0 Å². The number of aromatic nitrogens is 2. The van der Waals surface area contributed by atoms with E-state index in [2.05, 4.69) is 20.4 Å². The predicted octanol–water partition coefficient (Wildman–Crippen LogP) is 3.78. The van der Waals surface area contributed by atoms with E-state index in [0.717, 1.165) is 29.1 Å². The highest BCUT2D eigenvalue weighted by atomic mass is 16.5. The summed E-state index contributed by atoms with van der Waals surface area (Å²) < 4.78 is 10.7. The van der Waals surface area contributed by atoms with Gasteiger partial charge in [-0.05, 0) is 67.9 Å². The molecule has 0 unspecified atom stereocenters. The van der Waals surface area contributed by atoms with Crippen molar-refractivity contribution in [3.05, 3.63) is 60.7 Å². The second-order valence-electron chi connectivity index (χ2n) is 7.45. The fourth-order valence-corrected chi connectivity index (χ4v) is 3.58. The number of ether oxygens (including phenoxy) is 1. The van der Waals surface area contributed by atoms with Crippen molar-refractivity contribution in [3.63, 3.8) is 0 Å². The van der Waals surface area contributed by atoms with Gasteiger partial charge in [0.15, 0.2) is 0 Å². The van der Waals surface area contributed by atoms with E-state index in [1.54, 1.807) is 18.7 Å². The second kappa shape index (κ2) is 10.0. The summed E-state index contributed by atoms with van der Waals surface area (Å²) in [5.41, 5.74) is 3.19. The Morgan fingerprint density at radius 3 is 2.70 bits per heavy atom. The van der Waals surface area contributed by atoms with Gasteiger partial charge in [-0.2, -0.15) is 0 Å². The Balaban J connectivity index is 1.25. The lowest BCUT2D eigenvalue weighted by Gasteiger charge is -2.26. The molecular weight excluding hydrogens is 380 g/mol. The van der Waals surface area contributed by atoms with E-state index in [0.29, 0.717) is 12.3 Å². The molecule has 1 saturated heterocycles. The van der Waals surface area contributed by atoms with Crippen LogP contribution < -0.4 is 10.1 Å². The lowest BCUT2D eigenvalue weighted by molar-refractivity contribution is -0.115. The molecule has 1 N–H and O–H groups in total. The maximum absolute atomic E-state index is 12.4. The molecule has 156 valence electrons. The van der Waals surface area contributed by atoms with Gasteiger partial charge < -0.3 is 14.6 Å². The summed E-state index contributed by atoms with van der Waals surface area (Å²) in [7, 11) is 0. The van der Waals surface area contributed by atoms with Crippen molar-refractivity contribution >= 4 is 11.6 Å². The summed E-state index contributed by atoms with van der Waals surface area (Å²) in [4.78, 5) is 19.1. The van der Waals surface area contributed by atoms with E-state index < -0.39 is 0 Å². The van der Waals surface area contributed by atoms with Gasteiger partial charge >= 0.3 is 0 Å². The fraction of sp³-hybridized carbons (Fsp3) is 0.348. The molecule has 0 radical (unpaired) electrons. The summed E-state index contributed by atoms with van der Waals surface area (Å²) in [5, 5.41) is 6.61. The van der Waals surface area contributed by atoms with Gasteiger partial charge in [0.2, 0.25) is 5.91 Å². The van der Waals surface area contributed by atoms with Crippen LogP contribution in [-0.4, -0.2) is 47.2 Å². The summed E-state index contributed by atoms with van der Waals surface area (Å²) in [6, 6.07) is 11.2. The van der Waals surface area contributed by atoms with Crippen molar-refractivity contribution < 1.29 is 14.1 Å². The van der Waals surface area contributed by atoms with E-state index >= 15 is 0 Å². The first kappa shape index (κ1) is 20.1. The molecule has 0 spiro atoms. The minimum Gasteiger partial charge on any atom is -0.492 e. The van der Waals surface area contributed by atoms with Crippen molar-refractivity contribution in [2.75, 3.05) is 31.6 Å². The standard InChI is InChI=1S/C23H26N4O3/c28-23(15-21-14-18(8-9-24-21)19-16-25-30-17-19)26-20-4-6-22(7-5-20)29-13-12-27-10-2-1-3-11-27/h4-9,14,16-17H,1-3,10-13,15H2,(H,26,28). The zero-order valence-corrected chi connectivity index (χ0v) is 16.9. The van der Waals surface area contributed by atoms with E-state index in [4.69, 9.17) is 9.26 Å². The molecule has 7 nitrogen and oxygen atoms in total. The molecule has 1 fully saturated rings. The maximum atomic E-state index is 12.4. The van der Waals surface area contributed by atoms with Crippen molar-refractivity contribution in [3.8, 4) is 16.9 Å².